The summed E-state index contributed by atoms with van der Waals surface area (Å²) in [4.78, 5) is 18.1. The molecule has 2 N–H and O–H groups in total. The van der Waals surface area contributed by atoms with E-state index in [0.717, 1.165) is 18.3 Å². The van der Waals surface area contributed by atoms with Gasteiger partial charge in [0.25, 0.3) is 0 Å². The van der Waals surface area contributed by atoms with Crippen molar-refractivity contribution in [3.63, 3.8) is 0 Å². The van der Waals surface area contributed by atoms with Crippen molar-refractivity contribution in [2.24, 2.45) is 0 Å². The van der Waals surface area contributed by atoms with Crippen molar-refractivity contribution in [3.8, 4) is 0 Å². The van der Waals surface area contributed by atoms with Crippen molar-refractivity contribution < 1.29 is 23.1 Å². The first-order chi connectivity index (χ1) is 9.77. The Kier molecular flexibility index (Phi) is 3.99. The molecule has 0 aliphatic carbocycles. The third-order valence-electron chi connectivity index (χ3n) is 2.41. The summed E-state index contributed by atoms with van der Waals surface area (Å²) in [5, 5.41) is 11.6. The van der Waals surface area contributed by atoms with Crippen LogP contribution in [-0.2, 0) is 6.18 Å². The summed E-state index contributed by atoms with van der Waals surface area (Å²) < 4.78 is 37.1. The highest BCUT2D eigenvalue weighted by Crippen LogP contribution is 2.28. The van der Waals surface area contributed by atoms with E-state index in [4.69, 9.17) is 16.7 Å². The fraction of sp³-hybridized carbons (Fsp3) is 0.0833. The van der Waals surface area contributed by atoms with Gasteiger partial charge in [0, 0.05) is 0 Å². The van der Waals surface area contributed by atoms with E-state index in [2.05, 4.69) is 15.3 Å². The Bertz CT molecular complexity index is 674. The number of nitrogens with one attached hydrogen (secondary N) is 1. The fourth-order valence-corrected chi connectivity index (χ4v) is 1.62. The summed E-state index contributed by atoms with van der Waals surface area (Å²) in [6.07, 6.45) is -3.61. The van der Waals surface area contributed by atoms with Crippen molar-refractivity contribution in [1.29, 1.82) is 0 Å². The molecule has 0 saturated carbocycles. The number of nitrogens with zero attached hydrogens (tertiary/aromatic N) is 2. The van der Waals surface area contributed by atoms with E-state index < -0.39 is 17.8 Å². The molecule has 2 rings (SSSR count). The van der Waals surface area contributed by atoms with Crippen molar-refractivity contribution in [2.75, 3.05) is 5.32 Å². The summed E-state index contributed by atoms with van der Waals surface area (Å²) in [6.45, 7) is 0. The lowest BCUT2D eigenvalue weighted by Gasteiger charge is -2.10. The van der Waals surface area contributed by atoms with Gasteiger partial charge in [-0.15, -0.1) is 0 Å². The maximum absolute atomic E-state index is 12.4. The van der Waals surface area contributed by atoms with Crippen molar-refractivity contribution in [2.45, 2.75) is 6.18 Å². The molecule has 0 aliphatic rings. The SMILES string of the molecule is O=C(O)c1ccc(Cl)nc1Nc1ccc(C(F)(F)F)nc1. The van der Waals surface area contributed by atoms with Gasteiger partial charge in [-0.1, -0.05) is 11.6 Å². The number of hydrogen-bond donors (Lipinski definition) is 2. The Morgan fingerprint density at radius 1 is 1.24 bits per heavy atom. The number of rotatable bonds is 3. The van der Waals surface area contributed by atoms with Crippen LogP contribution in [-0.4, -0.2) is 21.0 Å². The van der Waals surface area contributed by atoms with E-state index in [1.165, 1.54) is 12.1 Å². The highest BCUT2D eigenvalue weighted by molar-refractivity contribution is 6.29. The smallest absolute Gasteiger partial charge is 0.433 e. The normalized spacial score (nSPS) is 11.2. The molecule has 2 heterocycles. The molecule has 0 atom stereocenters. The van der Waals surface area contributed by atoms with Gasteiger partial charge < -0.3 is 10.4 Å². The molecule has 0 amide bonds. The lowest BCUT2D eigenvalue weighted by Crippen LogP contribution is -2.08. The van der Waals surface area contributed by atoms with Crippen molar-refractivity contribution in [3.05, 3.63) is 46.9 Å². The van der Waals surface area contributed by atoms with Crippen LogP contribution in [0.2, 0.25) is 5.15 Å². The zero-order chi connectivity index (χ0) is 15.6. The molecular formula is C12H7ClF3N3O2. The van der Waals surface area contributed by atoms with E-state index in [-0.39, 0.29) is 22.2 Å². The summed E-state index contributed by atoms with van der Waals surface area (Å²) >= 11 is 5.66. The minimum Gasteiger partial charge on any atom is -0.478 e. The van der Waals surface area contributed by atoms with Gasteiger partial charge in [-0.25, -0.2) is 14.8 Å². The van der Waals surface area contributed by atoms with Crippen LogP contribution >= 0.6 is 11.6 Å². The van der Waals surface area contributed by atoms with E-state index in [1.54, 1.807) is 0 Å². The van der Waals surface area contributed by atoms with Gasteiger partial charge in [0.15, 0.2) is 0 Å². The maximum Gasteiger partial charge on any atom is 0.433 e. The third-order valence-corrected chi connectivity index (χ3v) is 2.62. The van der Waals surface area contributed by atoms with Gasteiger partial charge in [0.2, 0.25) is 0 Å². The number of aromatic nitrogens is 2. The fourth-order valence-electron chi connectivity index (χ4n) is 1.48. The van der Waals surface area contributed by atoms with E-state index in [1.807, 2.05) is 0 Å². The first kappa shape index (κ1) is 15.0. The molecule has 9 heteroatoms. The van der Waals surface area contributed by atoms with Crippen LogP contribution in [0.15, 0.2) is 30.5 Å². The number of alkyl halides is 3. The van der Waals surface area contributed by atoms with Crippen LogP contribution in [0.3, 0.4) is 0 Å². The second kappa shape index (κ2) is 5.57. The Labute approximate surface area is 121 Å². The lowest BCUT2D eigenvalue weighted by molar-refractivity contribution is -0.141. The van der Waals surface area contributed by atoms with Crippen LogP contribution in [0.4, 0.5) is 24.7 Å². The van der Waals surface area contributed by atoms with Gasteiger partial charge in [-0.3, -0.25) is 0 Å². The molecule has 2 aromatic heterocycles. The van der Waals surface area contributed by atoms with Crippen LogP contribution in [0, 0.1) is 0 Å². The topological polar surface area (TPSA) is 75.1 Å². The standard InChI is InChI=1S/C12H7ClF3N3O2/c13-9-4-2-7(11(20)21)10(19-9)18-6-1-3-8(17-5-6)12(14,15)16/h1-5H,(H,18,19)(H,20,21). The van der Waals surface area contributed by atoms with E-state index in [9.17, 15) is 18.0 Å². The Morgan fingerprint density at radius 2 is 1.95 bits per heavy atom. The molecular weight excluding hydrogens is 311 g/mol. The molecule has 0 radical (unpaired) electrons. The maximum atomic E-state index is 12.4. The summed E-state index contributed by atoms with van der Waals surface area (Å²) in [6, 6.07) is 4.41. The third kappa shape index (κ3) is 3.60. The number of hydrogen-bond acceptors (Lipinski definition) is 4. The Balaban J connectivity index is 2.30. The molecule has 0 aromatic carbocycles. The Hall–Kier alpha value is -2.35. The molecule has 0 saturated heterocycles. The number of halogens is 4. The van der Waals surface area contributed by atoms with E-state index >= 15 is 0 Å². The quantitative estimate of drug-likeness (QED) is 0.846. The van der Waals surface area contributed by atoms with Crippen LogP contribution in [0.25, 0.3) is 0 Å². The highest BCUT2D eigenvalue weighted by atomic mass is 35.5. The molecule has 0 unspecified atom stereocenters. The minimum atomic E-state index is -4.54. The number of aromatic carboxylic acids is 1. The zero-order valence-electron chi connectivity index (χ0n) is 10.1. The number of pyridine rings is 2. The first-order valence-corrected chi connectivity index (χ1v) is 5.85. The monoisotopic (exact) mass is 317 g/mol. The molecule has 21 heavy (non-hydrogen) atoms. The first-order valence-electron chi connectivity index (χ1n) is 5.47. The van der Waals surface area contributed by atoms with Gasteiger partial charge in [0.1, 0.15) is 22.2 Å². The van der Waals surface area contributed by atoms with Crippen LogP contribution in [0.1, 0.15) is 16.1 Å². The predicted octanol–water partition coefficient (Wildman–Crippen LogP) is 3.59. The summed E-state index contributed by atoms with van der Waals surface area (Å²) in [5.41, 5.74) is -1.06. The number of carboxylic acids is 1. The van der Waals surface area contributed by atoms with Gasteiger partial charge in [-0.05, 0) is 24.3 Å². The summed E-state index contributed by atoms with van der Waals surface area (Å²) in [7, 11) is 0. The van der Waals surface area contributed by atoms with Crippen LogP contribution < -0.4 is 5.32 Å². The highest BCUT2D eigenvalue weighted by Gasteiger charge is 2.32. The van der Waals surface area contributed by atoms with Crippen LogP contribution in [0.5, 0.6) is 0 Å². The zero-order valence-corrected chi connectivity index (χ0v) is 10.9. The molecule has 0 aliphatic heterocycles. The molecule has 5 nitrogen and oxygen atoms in total. The van der Waals surface area contributed by atoms with Crippen molar-refractivity contribution in [1.82, 2.24) is 9.97 Å². The molecule has 2 aromatic rings. The summed E-state index contributed by atoms with van der Waals surface area (Å²) in [5.74, 6) is -1.34. The minimum absolute atomic E-state index is 0.0439. The Morgan fingerprint density at radius 3 is 2.48 bits per heavy atom. The predicted molar refractivity (Wildman–Crippen MR) is 68.7 cm³/mol. The van der Waals surface area contributed by atoms with Gasteiger partial charge in [-0.2, -0.15) is 13.2 Å². The van der Waals surface area contributed by atoms with Gasteiger partial charge >= 0.3 is 12.1 Å². The average Bonchev–Trinajstić information content (AvgIpc) is 2.38. The average molecular weight is 318 g/mol. The molecule has 0 spiro atoms. The number of anilines is 2. The molecule has 110 valence electrons. The van der Waals surface area contributed by atoms with E-state index in [0.29, 0.717) is 0 Å². The number of carbonyl (C=O) groups is 1. The molecule has 0 fully saturated rings. The lowest BCUT2D eigenvalue weighted by atomic mass is 10.2. The second-order valence-corrected chi connectivity index (χ2v) is 4.28. The molecule has 0 bridgehead atoms. The van der Waals surface area contributed by atoms with Crippen molar-refractivity contribution >= 4 is 29.1 Å². The largest absolute Gasteiger partial charge is 0.478 e. The van der Waals surface area contributed by atoms with Gasteiger partial charge in [0.05, 0.1) is 11.9 Å². The number of carboxylic acid groups (broad SMARTS) is 1. The second-order valence-electron chi connectivity index (χ2n) is 3.89.